The molecule has 1 aliphatic heterocycles. The zero-order valence-corrected chi connectivity index (χ0v) is 18.1. The number of hydrogen-bond donors (Lipinski definition) is 2. The Morgan fingerprint density at radius 2 is 1.88 bits per heavy atom. The van der Waals surface area contributed by atoms with Gasteiger partial charge in [-0.15, -0.1) is 0 Å². The first kappa shape index (κ1) is 20.2. The second kappa shape index (κ2) is 7.75. The third kappa shape index (κ3) is 3.12. The molecule has 3 aromatic rings. The topological polar surface area (TPSA) is 93.8 Å². The molecule has 2 heterocycles. The predicted octanol–water partition coefficient (Wildman–Crippen LogP) is 4.66. The van der Waals surface area contributed by atoms with E-state index in [1.807, 2.05) is 37.3 Å². The molecule has 2 atom stereocenters. The van der Waals surface area contributed by atoms with E-state index in [2.05, 4.69) is 10.5 Å². The van der Waals surface area contributed by atoms with Crippen molar-refractivity contribution in [3.8, 4) is 17.2 Å². The molecule has 7 nitrogen and oxygen atoms in total. The summed E-state index contributed by atoms with van der Waals surface area (Å²) in [6.07, 6.45) is 1.03. The van der Waals surface area contributed by atoms with Gasteiger partial charge in [0.25, 0.3) is 0 Å². The Morgan fingerprint density at radius 1 is 1.09 bits per heavy atom. The van der Waals surface area contributed by atoms with E-state index in [1.165, 1.54) is 0 Å². The van der Waals surface area contributed by atoms with Crippen molar-refractivity contribution in [2.24, 2.45) is 0 Å². The fraction of sp³-hybridized carbons (Fsp3) is 0.280. The summed E-state index contributed by atoms with van der Waals surface area (Å²) >= 11 is 0. The van der Waals surface area contributed by atoms with E-state index in [9.17, 15) is 9.90 Å². The van der Waals surface area contributed by atoms with Crippen LogP contribution in [0.2, 0.25) is 0 Å². The molecule has 0 spiro atoms. The van der Waals surface area contributed by atoms with E-state index in [0.29, 0.717) is 35.8 Å². The molecule has 2 aliphatic rings. The number of benzene rings is 2. The quantitative estimate of drug-likeness (QED) is 0.619. The first-order valence-corrected chi connectivity index (χ1v) is 10.5. The molecule has 5 rings (SSSR count). The van der Waals surface area contributed by atoms with Crippen molar-refractivity contribution in [3.63, 3.8) is 0 Å². The SMILES string of the molecule is COc1cccc(C2C3=C(CC(c4ccc(O)cc4)CC3=O)Nc3onc(C)c32)c1OC. The summed E-state index contributed by atoms with van der Waals surface area (Å²) in [4.78, 5) is 13.6. The van der Waals surface area contributed by atoms with Gasteiger partial charge in [0, 0.05) is 23.3 Å². The number of carbonyl (C=O) groups is 1. The van der Waals surface area contributed by atoms with Gasteiger partial charge in [-0.3, -0.25) is 4.79 Å². The van der Waals surface area contributed by atoms with Crippen LogP contribution in [-0.2, 0) is 4.79 Å². The number of nitrogens with zero attached hydrogens (tertiary/aromatic N) is 1. The number of para-hydroxylation sites is 1. The number of aryl methyl sites for hydroxylation is 1. The normalized spacial score (nSPS) is 19.8. The third-order valence-corrected chi connectivity index (χ3v) is 6.37. The lowest BCUT2D eigenvalue weighted by molar-refractivity contribution is -0.116. The van der Waals surface area contributed by atoms with Gasteiger partial charge in [-0.05, 0) is 43.0 Å². The lowest BCUT2D eigenvalue weighted by Crippen LogP contribution is -2.29. The van der Waals surface area contributed by atoms with Gasteiger partial charge in [-0.25, -0.2) is 0 Å². The van der Waals surface area contributed by atoms with Crippen molar-refractivity contribution in [1.29, 1.82) is 0 Å². The van der Waals surface area contributed by atoms with Crippen LogP contribution in [-0.4, -0.2) is 30.3 Å². The molecule has 164 valence electrons. The summed E-state index contributed by atoms with van der Waals surface area (Å²) in [7, 11) is 3.20. The minimum atomic E-state index is -0.370. The highest BCUT2D eigenvalue weighted by molar-refractivity contribution is 6.01. The zero-order chi connectivity index (χ0) is 22.4. The second-order valence-corrected chi connectivity index (χ2v) is 8.16. The van der Waals surface area contributed by atoms with Crippen LogP contribution < -0.4 is 14.8 Å². The van der Waals surface area contributed by atoms with E-state index in [0.717, 1.165) is 28.1 Å². The number of aromatic nitrogens is 1. The largest absolute Gasteiger partial charge is 0.508 e. The van der Waals surface area contributed by atoms with E-state index in [1.54, 1.807) is 26.4 Å². The average molecular weight is 432 g/mol. The van der Waals surface area contributed by atoms with Crippen molar-refractivity contribution in [3.05, 3.63) is 76.1 Å². The minimum Gasteiger partial charge on any atom is -0.508 e. The van der Waals surface area contributed by atoms with Gasteiger partial charge in [-0.2, -0.15) is 0 Å². The Kier molecular flexibility index (Phi) is 4.89. The molecule has 1 aliphatic carbocycles. The maximum Gasteiger partial charge on any atom is 0.233 e. The second-order valence-electron chi connectivity index (χ2n) is 8.16. The molecule has 7 heteroatoms. The zero-order valence-electron chi connectivity index (χ0n) is 18.1. The number of allylic oxidation sites excluding steroid dienone is 2. The van der Waals surface area contributed by atoms with Crippen molar-refractivity contribution < 1.29 is 23.9 Å². The van der Waals surface area contributed by atoms with Crippen molar-refractivity contribution >= 4 is 11.7 Å². The van der Waals surface area contributed by atoms with Crippen LogP contribution in [0.25, 0.3) is 0 Å². The van der Waals surface area contributed by atoms with E-state index < -0.39 is 0 Å². The third-order valence-electron chi connectivity index (χ3n) is 6.37. The number of carbonyl (C=O) groups excluding carboxylic acids is 1. The molecule has 32 heavy (non-hydrogen) atoms. The van der Waals surface area contributed by atoms with E-state index in [4.69, 9.17) is 14.0 Å². The molecule has 0 radical (unpaired) electrons. The number of ketones is 1. The number of nitrogens with one attached hydrogen (secondary N) is 1. The van der Waals surface area contributed by atoms with Gasteiger partial charge in [0.05, 0.1) is 31.4 Å². The van der Waals surface area contributed by atoms with Crippen LogP contribution in [0.1, 0.15) is 47.1 Å². The highest BCUT2D eigenvalue weighted by Gasteiger charge is 2.42. The van der Waals surface area contributed by atoms with Crippen molar-refractivity contribution in [2.75, 3.05) is 19.5 Å². The van der Waals surface area contributed by atoms with Gasteiger partial charge in [0.1, 0.15) is 5.75 Å². The number of fused-ring (bicyclic) bond motifs is 1. The molecular formula is C25H24N2O5. The molecule has 0 saturated heterocycles. The molecule has 2 aromatic carbocycles. The summed E-state index contributed by atoms with van der Waals surface area (Å²) in [5.41, 5.74) is 4.96. The van der Waals surface area contributed by atoms with Crippen LogP contribution in [0.15, 0.2) is 58.3 Å². The molecule has 0 fully saturated rings. The monoisotopic (exact) mass is 432 g/mol. The Hall–Kier alpha value is -3.74. The summed E-state index contributed by atoms with van der Waals surface area (Å²) in [6, 6.07) is 12.7. The van der Waals surface area contributed by atoms with Crippen LogP contribution in [0, 0.1) is 6.92 Å². The molecule has 1 aromatic heterocycles. The predicted molar refractivity (Wildman–Crippen MR) is 118 cm³/mol. The number of Topliss-reactive ketones (excluding diaryl/α,β-unsaturated/α-hetero) is 1. The van der Waals surface area contributed by atoms with Crippen molar-refractivity contribution in [2.45, 2.75) is 31.6 Å². The summed E-state index contributed by atoms with van der Waals surface area (Å²) in [6.45, 7) is 1.88. The minimum absolute atomic E-state index is 0.00720. The Morgan fingerprint density at radius 3 is 2.59 bits per heavy atom. The number of phenolic OH excluding ortho intramolecular Hbond substituents is 1. The van der Waals surface area contributed by atoms with Crippen molar-refractivity contribution in [1.82, 2.24) is 5.16 Å². The van der Waals surface area contributed by atoms with Gasteiger partial charge in [0.15, 0.2) is 17.3 Å². The van der Waals surface area contributed by atoms with Gasteiger partial charge in [-0.1, -0.05) is 29.4 Å². The number of anilines is 1. The summed E-state index contributed by atoms with van der Waals surface area (Å²) in [5, 5.41) is 17.1. The molecular weight excluding hydrogens is 408 g/mol. The average Bonchev–Trinajstić information content (AvgIpc) is 3.17. The van der Waals surface area contributed by atoms with Crippen LogP contribution in [0.5, 0.6) is 17.2 Å². The highest BCUT2D eigenvalue weighted by atomic mass is 16.5. The molecule has 0 amide bonds. The highest BCUT2D eigenvalue weighted by Crippen LogP contribution is 2.51. The number of hydrogen-bond acceptors (Lipinski definition) is 7. The first-order valence-electron chi connectivity index (χ1n) is 10.5. The molecule has 0 saturated carbocycles. The maximum atomic E-state index is 13.6. The number of methoxy groups -OCH3 is 2. The molecule has 0 bridgehead atoms. The Bertz CT molecular complexity index is 1230. The Labute approximate surface area is 185 Å². The van der Waals surface area contributed by atoms with Crippen LogP contribution >= 0.6 is 0 Å². The van der Waals surface area contributed by atoms with Gasteiger partial charge < -0.3 is 24.4 Å². The fourth-order valence-electron chi connectivity index (χ4n) is 4.90. The maximum absolute atomic E-state index is 13.6. The molecule has 2 N–H and O–H groups in total. The number of ether oxygens (including phenoxy) is 2. The smallest absolute Gasteiger partial charge is 0.233 e. The number of rotatable bonds is 4. The first-order chi connectivity index (χ1) is 15.5. The van der Waals surface area contributed by atoms with E-state index in [-0.39, 0.29) is 23.4 Å². The van der Waals surface area contributed by atoms with Gasteiger partial charge in [0.2, 0.25) is 5.88 Å². The summed E-state index contributed by atoms with van der Waals surface area (Å²) in [5.74, 6) is 1.66. The standard InChI is InChI=1S/C25H24N2O5/c1-13-21-22(17-5-4-6-20(30-2)24(17)31-3)23-18(26-25(21)32-27-13)11-15(12-19(23)29)14-7-9-16(28)10-8-14/h4-10,15,22,26,28H,11-12H2,1-3H3. The fourth-order valence-corrected chi connectivity index (χ4v) is 4.90. The lowest BCUT2D eigenvalue weighted by atomic mass is 9.72. The molecule has 2 unspecified atom stereocenters. The van der Waals surface area contributed by atoms with Crippen LogP contribution in [0.4, 0.5) is 5.88 Å². The van der Waals surface area contributed by atoms with E-state index >= 15 is 0 Å². The lowest BCUT2D eigenvalue weighted by Gasteiger charge is -2.35. The Balaban J connectivity index is 1.66. The van der Waals surface area contributed by atoms with Crippen LogP contribution in [0.3, 0.4) is 0 Å². The van der Waals surface area contributed by atoms with Gasteiger partial charge >= 0.3 is 0 Å². The number of aromatic hydroxyl groups is 1. The number of phenols is 1. The summed E-state index contributed by atoms with van der Waals surface area (Å²) < 4.78 is 16.8.